The summed E-state index contributed by atoms with van der Waals surface area (Å²) in [5.74, 6) is 0.541. The lowest BCUT2D eigenvalue weighted by Crippen LogP contribution is -1.99. The predicted molar refractivity (Wildman–Crippen MR) is 75.9 cm³/mol. The maximum absolute atomic E-state index is 7.42. The number of hydrogen-bond donors (Lipinski definition) is 3. The van der Waals surface area contributed by atoms with E-state index in [9.17, 15) is 0 Å². The summed E-state index contributed by atoms with van der Waals surface area (Å²) in [5.41, 5.74) is 16.9. The van der Waals surface area contributed by atoms with Gasteiger partial charge in [-0.05, 0) is 42.7 Å². The first-order chi connectivity index (χ1) is 8.54. The number of nitrogens with one attached hydrogen (secondary N) is 1. The van der Waals surface area contributed by atoms with Crippen molar-refractivity contribution in [2.24, 2.45) is 0 Å². The molecule has 0 atom stereocenters. The third-order valence-electron chi connectivity index (χ3n) is 3.12. The second-order valence-corrected chi connectivity index (χ2v) is 4.31. The van der Waals surface area contributed by atoms with Gasteiger partial charge in [-0.3, -0.25) is 0 Å². The molecule has 18 heavy (non-hydrogen) atoms. The number of pyridine rings is 1. The van der Waals surface area contributed by atoms with E-state index in [1.165, 1.54) is 6.21 Å². The normalized spacial score (nSPS) is 10.3. The summed E-state index contributed by atoms with van der Waals surface area (Å²) in [4.78, 5) is 4.16. The molecule has 92 valence electrons. The van der Waals surface area contributed by atoms with Gasteiger partial charge in [-0.1, -0.05) is 6.07 Å². The molecule has 4 nitrogen and oxygen atoms in total. The van der Waals surface area contributed by atoms with Gasteiger partial charge < -0.3 is 16.9 Å². The van der Waals surface area contributed by atoms with Crippen LogP contribution in [0.5, 0.6) is 0 Å². The third kappa shape index (κ3) is 1.93. The second-order valence-electron chi connectivity index (χ2n) is 4.31. The van der Waals surface area contributed by atoms with E-state index in [0.29, 0.717) is 11.5 Å². The summed E-state index contributed by atoms with van der Waals surface area (Å²) in [7, 11) is 0. The monoisotopic (exact) mass is 240 g/mol. The van der Waals surface area contributed by atoms with Crippen molar-refractivity contribution in [1.82, 2.24) is 4.98 Å². The molecule has 0 aliphatic carbocycles. The van der Waals surface area contributed by atoms with E-state index in [4.69, 9.17) is 16.9 Å². The Morgan fingerprint density at radius 3 is 2.56 bits per heavy atom. The zero-order valence-corrected chi connectivity index (χ0v) is 10.5. The van der Waals surface area contributed by atoms with E-state index in [1.54, 1.807) is 6.20 Å². The van der Waals surface area contributed by atoms with Gasteiger partial charge in [0.05, 0.1) is 0 Å². The van der Waals surface area contributed by atoms with Crippen molar-refractivity contribution in [3.05, 3.63) is 41.1 Å². The molecule has 1 heterocycles. The SMILES string of the molecule is Cc1cc(-c2ccc(N)c(C=N)c2C)cnc1N. The first-order valence-electron chi connectivity index (χ1n) is 5.66. The predicted octanol–water partition coefficient (Wildman–Crippen LogP) is 2.53. The largest absolute Gasteiger partial charge is 0.398 e. The van der Waals surface area contributed by atoms with Crippen molar-refractivity contribution in [3.63, 3.8) is 0 Å². The minimum absolute atomic E-state index is 0.541. The van der Waals surface area contributed by atoms with Gasteiger partial charge >= 0.3 is 0 Å². The zero-order valence-electron chi connectivity index (χ0n) is 10.5. The lowest BCUT2D eigenvalue weighted by molar-refractivity contribution is 1.27. The molecule has 5 N–H and O–H groups in total. The molecule has 1 aromatic heterocycles. The molecule has 2 aromatic rings. The number of nitrogens with zero attached hydrogens (tertiary/aromatic N) is 1. The van der Waals surface area contributed by atoms with Crippen LogP contribution in [0.3, 0.4) is 0 Å². The van der Waals surface area contributed by atoms with Crippen LogP contribution in [0.4, 0.5) is 11.5 Å². The van der Waals surface area contributed by atoms with Crippen molar-refractivity contribution in [1.29, 1.82) is 5.41 Å². The minimum atomic E-state index is 0.541. The summed E-state index contributed by atoms with van der Waals surface area (Å²) in [6.07, 6.45) is 3.03. The van der Waals surface area contributed by atoms with Crippen LogP contribution in [-0.2, 0) is 0 Å². The molecule has 0 aliphatic heterocycles. The van der Waals surface area contributed by atoms with E-state index in [0.717, 1.165) is 27.8 Å². The van der Waals surface area contributed by atoms with E-state index in [-0.39, 0.29) is 0 Å². The van der Waals surface area contributed by atoms with Crippen molar-refractivity contribution >= 4 is 17.7 Å². The molecular formula is C14H16N4. The Kier molecular flexibility index (Phi) is 3.02. The van der Waals surface area contributed by atoms with Crippen LogP contribution < -0.4 is 11.5 Å². The van der Waals surface area contributed by atoms with Crippen LogP contribution in [0.2, 0.25) is 0 Å². The summed E-state index contributed by atoms with van der Waals surface area (Å²) >= 11 is 0. The molecule has 0 unspecified atom stereocenters. The average molecular weight is 240 g/mol. The highest BCUT2D eigenvalue weighted by atomic mass is 14.8. The van der Waals surface area contributed by atoms with E-state index in [2.05, 4.69) is 4.98 Å². The van der Waals surface area contributed by atoms with Crippen molar-refractivity contribution in [3.8, 4) is 11.1 Å². The quantitative estimate of drug-likeness (QED) is 0.556. The summed E-state index contributed by atoms with van der Waals surface area (Å²) in [6, 6.07) is 5.76. The Balaban J connectivity index is 2.64. The first-order valence-corrected chi connectivity index (χ1v) is 5.66. The van der Waals surface area contributed by atoms with E-state index < -0.39 is 0 Å². The fraction of sp³-hybridized carbons (Fsp3) is 0.143. The summed E-state index contributed by atoms with van der Waals surface area (Å²) in [6.45, 7) is 3.88. The van der Waals surface area contributed by atoms with Gasteiger partial charge in [0.1, 0.15) is 5.82 Å². The van der Waals surface area contributed by atoms with Crippen LogP contribution in [0.25, 0.3) is 11.1 Å². The van der Waals surface area contributed by atoms with Crippen molar-refractivity contribution in [2.45, 2.75) is 13.8 Å². The highest BCUT2D eigenvalue weighted by Crippen LogP contribution is 2.29. The molecule has 0 bridgehead atoms. The van der Waals surface area contributed by atoms with Crippen LogP contribution in [-0.4, -0.2) is 11.2 Å². The molecule has 0 amide bonds. The van der Waals surface area contributed by atoms with Gasteiger partial charge in [-0.15, -0.1) is 0 Å². The maximum atomic E-state index is 7.42. The highest BCUT2D eigenvalue weighted by molar-refractivity contribution is 5.90. The molecular weight excluding hydrogens is 224 g/mol. The first kappa shape index (κ1) is 12.1. The van der Waals surface area contributed by atoms with Crippen molar-refractivity contribution in [2.75, 3.05) is 11.5 Å². The molecule has 0 fully saturated rings. The van der Waals surface area contributed by atoms with Gasteiger partial charge in [-0.2, -0.15) is 0 Å². The zero-order chi connectivity index (χ0) is 13.3. The molecule has 0 spiro atoms. The lowest BCUT2D eigenvalue weighted by Gasteiger charge is -2.12. The topological polar surface area (TPSA) is 88.8 Å². The number of aromatic nitrogens is 1. The van der Waals surface area contributed by atoms with Crippen LogP contribution in [0.15, 0.2) is 24.4 Å². The Bertz CT molecular complexity index is 617. The standard InChI is InChI=1S/C14H16N4/c1-8-5-10(7-18-14(8)17)11-3-4-13(16)12(6-15)9(11)2/h3-7,15H,16H2,1-2H3,(H2,17,18). The van der Waals surface area contributed by atoms with Gasteiger partial charge in [-0.25, -0.2) is 4.98 Å². The summed E-state index contributed by atoms with van der Waals surface area (Å²) in [5, 5.41) is 7.42. The minimum Gasteiger partial charge on any atom is -0.398 e. The number of nitrogen functional groups attached to an aromatic ring is 2. The van der Waals surface area contributed by atoms with Gasteiger partial charge in [0.25, 0.3) is 0 Å². The molecule has 0 aliphatic rings. The maximum Gasteiger partial charge on any atom is 0.126 e. The Hall–Kier alpha value is -2.36. The Morgan fingerprint density at radius 2 is 1.94 bits per heavy atom. The Labute approximate surface area is 106 Å². The smallest absolute Gasteiger partial charge is 0.126 e. The van der Waals surface area contributed by atoms with Gasteiger partial charge in [0.2, 0.25) is 0 Å². The van der Waals surface area contributed by atoms with Crippen LogP contribution in [0.1, 0.15) is 16.7 Å². The van der Waals surface area contributed by atoms with E-state index >= 15 is 0 Å². The van der Waals surface area contributed by atoms with Gasteiger partial charge in [0, 0.05) is 29.2 Å². The fourth-order valence-electron chi connectivity index (χ4n) is 1.99. The molecule has 0 saturated heterocycles. The highest BCUT2D eigenvalue weighted by Gasteiger charge is 2.09. The van der Waals surface area contributed by atoms with Crippen LogP contribution in [0, 0.1) is 19.3 Å². The molecule has 4 heteroatoms. The number of rotatable bonds is 2. The fourth-order valence-corrected chi connectivity index (χ4v) is 1.99. The number of anilines is 2. The lowest BCUT2D eigenvalue weighted by atomic mass is 9.96. The number of hydrogen-bond acceptors (Lipinski definition) is 4. The molecule has 1 aromatic carbocycles. The molecule has 0 saturated carbocycles. The average Bonchev–Trinajstić information content (AvgIpc) is 2.34. The number of aryl methyl sites for hydroxylation is 1. The van der Waals surface area contributed by atoms with Crippen LogP contribution >= 0.6 is 0 Å². The number of nitrogens with two attached hydrogens (primary N) is 2. The summed E-state index contributed by atoms with van der Waals surface area (Å²) < 4.78 is 0. The third-order valence-corrected chi connectivity index (χ3v) is 3.12. The van der Waals surface area contributed by atoms with E-state index in [1.807, 2.05) is 32.0 Å². The van der Waals surface area contributed by atoms with Crippen molar-refractivity contribution < 1.29 is 0 Å². The molecule has 0 radical (unpaired) electrons. The second kappa shape index (κ2) is 4.49. The molecule has 2 rings (SSSR count). The van der Waals surface area contributed by atoms with Gasteiger partial charge in [0.15, 0.2) is 0 Å². The Morgan fingerprint density at radius 1 is 1.22 bits per heavy atom. The number of benzene rings is 1.